The number of carboxylic acids is 1. The lowest BCUT2D eigenvalue weighted by Crippen LogP contribution is -2.22. The molecule has 0 amide bonds. The molecule has 0 saturated carbocycles. The van der Waals surface area contributed by atoms with Gasteiger partial charge in [-0.1, -0.05) is 19.6 Å². The first kappa shape index (κ1) is 7.72. The largest absolute Gasteiger partial charge is 0.476 e. The highest BCUT2D eigenvalue weighted by atomic mass is 16.4. The molecule has 0 fully saturated rings. The lowest BCUT2D eigenvalue weighted by atomic mass is 10.0. The average molecular weight is 151 g/mol. The number of carbonyl (C=O) groups is 1. The fraction of sp³-hybridized carbons (Fsp3) is 0.250. The first-order valence-electron chi connectivity index (χ1n) is 3.38. The van der Waals surface area contributed by atoms with Crippen molar-refractivity contribution in [3.8, 4) is 0 Å². The Kier molecular flexibility index (Phi) is 1.89. The summed E-state index contributed by atoms with van der Waals surface area (Å²) in [7, 11) is 0. The minimum absolute atomic E-state index is 0.136. The van der Waals surface area contributed by atoms with Gasteiger partial charge in [0.05, 0.1) is 5.70 Å². The molecule has 0 aromatic rings. The number of allylic oxidation sites excluding steroid dienone is 2. The third-order valence-electron chi connectivity index (χ3n) is 1.55. The lowest BCUT2D eigenvalue weighted by Gasteiger charge is -2.15. The first-order chi connectivity index (χ1) is 5.20. The van der Waals surface area contributed by atoms with E-state index in [0.29, 0.717) is 5.57 Å². The van der Waals surface area contributed by atoms with Crippen molar-refractivity contribution >= 4 is 11.7 Å². The summed E-state index contributed by atoms with van der Waals surface area (Å²) < 4.78 is 0. The van der Waals surface area contributed by atoms with E-state index in [9.17, 15) is 4.79 Å². The number of aliphatic imine (C=N–C) groups is 1. The zero-order valence-electron chi connectivity index (χ0n) is 6.29. The van der Waals surface area contributed by atoms with Crippen LogP contribution in [0.2, 0.25) is 0 Å². The summed E-state index contributed by atoms with van der Waals surface area (Å²) in [5.74, 6) is -0.975. The van der Waals surface area contributed by atoms with E-state index in [1.165, 1.54) is 6.08 Å². The van der Waals surface area contributed by atoms with Crippen LogP contribution in [0.3, 0.4) is 0 Å². The molecule has 1 aliphatic rings. The maximum Gasteiger partial charge on any atom is 0.355 e. The molecule has 0 aromatic carbocycles. The molecule has 58 valence electrons. The molecule has 0 aliphatic carbocycles. The van der Waals surface area contributed by atoms with E-state index in [-0.39, 0.29) is 5.71 Å². The summed E-state index contributed by atoms with van der Waals surface area (Å²) in [6.45, 7) is 5.44. The molecular weight excluding hydrogens is 142 g/mol. The number of hydrogen-bond acceptors (Lipinski definition) is 2. The van der Waals surface area contributed by atoms with E-state index in [1.807, 2.05) is 6.92 Å². The molecule has 0 unspecified atom stereocenters. The quantitative estimate of drug-likeness (QED) is 0.662. The van der Waals surface area contributed by atoms with Crippen LogP contribution in [0.15, 0.2) is 28.9 Å². The van der Waals surface area contributed by atoms with E-state index < -0.39 is 5.97 Å². The minimum atomic E-state index is -0.975. The Labute approximate surface area is 64.8 Å². The van der Waals surface area contributed by atoms with Gasteiger partial charge in [0.25, 0.3) is 0 Å². The molecule has 1 rings (SSSR count). The van der Waals surface area contributed by atoms with Crippen molar-refractivity contribution in [2.75, 3.05) is 0 Å². The third-order valence-corrected chi connectivity index (χ3v) is 1.55. The van der Waals surface area contributed by atoms with Gasteiger partial charge < -0.3 is 5.11 Å². The topological polar surface area (TPSA) is 49.7 Å². The SMILES string of the molecule is C=CC1=C(CC)N=C1C(=O)O. The second-order valence-corrected chi connectivity index (χ2v) is 2.18. The summed E-state index contributed by atoms with van der Waals surface area (Å²) in [5, 5.41) is 8.54. The molecule has 0 atom stereocenters. The van der Waals surface area contributed by atoms with Gasteiger partial charge in [-0.2, -0.15) is 0 Å². The molecular formula is C8H9NO2. The van der Waals surface area contributed by atoms with Crippen LogP contribution in [0.5, 0.6) is 0 Å². The van der Waals surface area contributed by atoms with Crippen LogP contribution in [0.4, 0.5) is 0 Å². The smallest absolute Gasteiger partial charge is 0.355 e. The van der Waals surface area contributed by atoms with Gasteiger partial charge in [-0.3, -0.25) is 0 Å². The highest BCUT2D eigenvalue weighted by Crippen LogP contribution is 2.23. The second kappa shape index (κ2) is 2.70. The van der Waals surface area contributed by atoms with Crippen LogP contribution in [0.1, 0.15) is 13.3 Å². The molecule has 3 nitrogen and oxygen atoms in total. The molecule has 0 bridgehead atoms. The van der Waals surface area contributed by atoms with Gasteiger partial charge >= 0.3 is 5.97 Å². The van der Waals surface area contributed by atoms with Gasteiger partial charge in [0.1, 0.15) is 0 Å². The number of aliphatic carboxylic acids is 1. The number of hydrogen-bond donors (Lipinski definition) is 1. The van der Waals surface area contributed by atoms with Crippen LogP contribution in [-0.4, -0.2) is 16.8 Å². The summed E-state index contributed by atoms with van der Waals surface area (Å²) in [6.07, 6.45) is 2.30. The maximum atomic E-state index is 10.4. The zero-order valence-corrected chi connectivity index (χ0v) is 6.29. The van der Waals surface area contributed by atoms with Gasteiger partial charge in [0, 0.05) is 5.57 Å². The highest BCUT2D eigenvalue weighted by molar-refractivity contribution is 6.45. The Balaban J connectivity index is 2.82. The highest BCUT2D eigenvalue weighted by Gasteiger charge is 2.24. The van der Waals surface area contributed by atoms with Crippen LogP contribution in [0, 0.1) is 0 Å². The van der Waals surface area contributed by atoms with Crippen molar-refractivity contribution in [3.63, 3.8) is 0 Å². The van der Waals surface area contributed by atoms with Crippen LogP contribution < -0.4 is 0 Å². The molecule has 0 aromatic heterocycles. The van der Waals surface area contributed by atoms with Crippen molar-refractivity contribution in [3.05, 3.63) is 23.9 Å². The third kappa shape index (κ3) is 1.09. The number of carboxylic acid groups (broad SMARTS) is 1. The second-order valence-electron chi connectivity index (χ2n) is 2.18. The molecule has 1 N–H and O–H groups in total. The Hall–Kier alpha value is -1.38. The van der Waals surface area contributed by atoms with Crippen LogP contribution in [0.25, 0.3) is 0 Å². The van der Waals surface area contributed by atoms with Crippen molar-refractivity contribution in [2.24, 2.45) is 4.99 Å². The maximum absolute atomic E-state index is 10.4. The summed E-state index contributed by atoms with van der Waals surface area (Å²) in [4.78, 5) is 14.2. The Morgan fingerprint density at radius 1 is 1.82 bits per heavy atom. The van der Waals surface area contributed by atoms with E-state index in [4.69, 9.17) is 5.11 Å². The molecule has 1 aliphatic heterocycles. The van der Waals surface area contributed by atoms with Gasteiger partial charge in [-0.15, -0.1) is 0 Å². The molecule has 3 heteroatoms. The lowest BCUT2D eigenvalue weighted by molar-refractivity contribution is -0.129. The van der Waals surface area contributed by atoms with Crippen molar-refractivity contribution in [1.29, 1.82) is 0 Å². The molecule has 0 spiro atoms. The predicted molar refractivity (Wildman–Crippen MR) is 42.6 cm³/mol. The number of nitrogens with zero attached hydrogens (tertiary/aromatic N) is 1. The Morgan fingerprint density at radius 2 is 2.45 bits per heavy atom. The van der Waals surface area contributed by atoms with E-state index in [0.717, 1.165) is 12.1 Å². The van der Waals surface area contributed by atoms with Crippen molar-refractivity contribution in [1.82, 2.24) is 0 Å². The van der Waals surface area contributed by atoms with Gasteiger partial charge in [-0.25, -0.2) is 9.79 Å². The minimum Gasteiger partial charge on any atom is -0.476 e. The zero-order chi connectivity index (χ0) is 8.43. The normalized spacial score (nSPS) is 15.5. The number of rotatable bonds is 3. The van der Waals surface area contributed by atoms with Crippen LogP contribution in [-0.2, 0) is 4.79 Å². The molecule has 0 radical (unpaired) electrons. The van der Waals surface area contributed by atoms with Gasteiger partial charge in [0.2, 0.25) is 0 Å². The molecule has 0 saturated heterocycles. The first-order valence-corrected chi connectivity index (χ1v) is 3.38. The fourth-order valence-corrected chi connectivity index (χ4v) is 0.986. The summed E-state index contributed by atoms with van der Waals surface area (Å²) >= 11 is 0. The average Bonchev–Trinajstić information content (AvgIpc) is 1.86. The van der Waals surface area contributed by atoms with E-state index in [1.54, 1.807) is 0 Å². The summed E-state index contributed by atoms with van der Waals surface area (Å²) in [5.41, 5.74) is 1.65. The van der Waals surface area contributed by atoms with Crippen molar-refractivity contribution in [2.45, 2.75) is 13.3 Å². The molecule has 1 heterocycles. The van der Waals surface area contributed by atoms with Crippen LogP contribution >= 0.6 is 0 Å². The van der Waals surface area contributed by atoms with E-state index in [2.05, 4.69) is 11.6 Å². The predicted octanol–water partition coefficient (Wildman–Crippen LogP) is 1.38. The fourth-order valence-electron chi connectivity index (χ4n) is 0.986. The van der Waals surface area contributed by atoms with Gasteiger partial charge in [0.15, 0.2) is 5.71 Å². The van der Waals surface area contributed by atoms with Gasteiger partial charge in [-0.05, 0) is 6.42 Å². The molecule has 11 heavy (non-hydrogen) atoms. The summed E-state index contributed by atoms with van der Waals surface area (Å²) in [6, 6.07) is 0. The standard InChI is InChI=1S/C8H9NO2/c1-3-5-6(4-2)9-7(5)8(10)11/h3H,1,4H2,2H3,(H,10,11). The monoisotopic (exact) mass is 151 g/mol. The van der Waals surface area contributed by atoms with E-state index >= 15 is 0 Å². The Bertz CT molecular complexity index is 274. The Morgan fingerprint density at radius 3 is 2.82 bits per heavy atom. The van der Waals surface area contributed by atoms with Crippen molar-refractivity contribution < 1.29 is 9.90 Å².